The Morgan fingerprint density at radius 3 is 2.58 bits per heavy atom. The summed E-state index contributed by atoms with van der Waals surface area (Å²) in [5, 5.41) is 9.84. The number of hydrogen-bond acceptors (Lipinski definition) is 3. The fraction of sp³-hybridized carbons (Fsp3) is 0.286. The van der Waals surface area contributed by atoms with Crippen molar-refractivity contribution in [1.29, 1.82) is 0 Å². The minimum absolute atomic E-state index is 0.00492. The van der Waals surface area contributed by atoms with Crippen LogP contribution >= 0.6 is 0 Å². The topological polar surface area (TPSA) is 82.9 Å². The predicted molar refractivity (Wildman–Crippen MR) is 71.7 cm³/mol. The van der Waals surface area contributed by atoms with Crippen LogP contribution in [0.5, 0.6) is 0 Å². The van der Waals surface area contributed by atoms with Gasteiger partial charge in [-0.3, -0.25) is 0 Å². The van der Waals surface area contributed by atoms with E-state index in [9.17, 15) is 9.90 Å². The zero-order valence-corrected chi connectivity index (χ0v) is 11.0. The first-order valence-corrected chi connectivity index (χ1v) is 5.92. The Bertz CT molecular complexity index is 526. The van der Waals surface area contributed by atoms with Crippen molar-refractivity contribution in [2.24, 2.45) is 0 Å². The molecule has 0 bridgehead atoms. The van der Waals surface area contributed by atoms with Crippen LogP contribution < -0.4 is 0 Å². The Morgan fingerprint density at radius 1 is 1.42 bits per heavy atom. The lowest BCUT2D eigenvalue weighted by Gasteiger charge is -2.00. The van der Waals surface area contributed by atoms with E-state index in [2.05, 4.69) is 4.79 Å². The molecule has 5 heteroatoms. The number of hydrogen-bond donors (Lipinski definition) is 1. The van der Waals surface area contributed by atoms with Gasteiger partial charge in [-0.25, -0.2) is 4.79 Å². The molecule has 100 valence electrons. The zero-order chi connectivity index (χ0) is 14.3. The van der Waals surface area contributed by atoms with E-state index in [4.69, 9.17) is 10.3 Å². The highest BCUT2D eigenvalue weighted by Crippen LogP contribution is 2.13. The van der Waals surface area contributed by atoms with Gasteiger partial charge >= 0.3 is 11.7 Å². The Kier molecular flexibility index (Phi) is 5.51. The summed E-state index contributed by atoms with van der Waals surface area (Å²) in [7, 11) is 0. The lowest BCUT2D eigenvalue weighted by atomic mass is 10.1. The average molecular weight is 260 g/mol. The van der Waals surface area contributed by atoms with Crippen molar-refractivity contribution in [1.82, 2.24) is 0 Å². The molecule has 0 aliphatic carbocycles. The van der Waals surface area contributed by atoms with Crippen molar-refractivity contribution in [2.75, 3.05) is 6.61 Å². The van der Waals surface area contributed by atoms with Crippen LogP contribution in [-0.2, 0) is 9.53 Å². The monoisotopic (exact) mass is 260 g/mol. The van der Waals surface area contributed by atoms with E-state index in [1.807, 2.05) is 19.1 Å². The molecule has 0 fully saturated rings. The first kappa shape index (κ1) is 14.7. The average Bonchev–Trinajstić information content (AvgIpc) is 2.40. The zero-order valence-electron chi connectivity index (χ0n) is 11.0. The van der Waals surface area contributed by atoms with E-state index < -0.39 is 5.97 Å². The summed E-state index contributed by atoms with van der Waals surface area (Å²) in [6.07, 6.45) is 1.39. The van der Waals surface area contributed by atoms with Gasteiger partial charge < -0.3 is 15.4 Å². The van der Waals surface area contributed by atoms with Gasteiger partial charge in [0.05, 0.1) is 13.0 Å². The first-order valence-electron chi connectivity index (χ1n) is 5.92. The van der Waals surface area contributed by atoms with Crippen LogP contribution in [0, 0.1) is 6.92 Å². The van der Waals surface area contributed by atoms with Gasteiger partial charge in [-0.2, -0.15) is 4.79 Å². The summed E-state index contributed by atoms with van der Waals surface area (Å²) in [4.78, 5) is 14.2. The van der Waals surface area contributed by atoms with E-state index in [1.54, 1.807) is 19.1 Å². The highest BCUT2D eigenvalue weighted by atomic mass is 16.5. The third kappa shape index (κ3) is 4.41. The Labute approximate surface area is 111 Å². The largest absolute Gasteiger partial charge is 0.508 e. The molecule has 0 radical (unpaired) electrons. The van der Waals surface area contributed by atoms with E-state index in [0.29, 0.717) is 5.56 Å². The summed E-state index contributed by atoms with van der Waals surface area (Å²) in [5.74, 6) is -0.677. The molecular formula is C14H16N2O3. The lowest BCUT2D eigenvalue weighted by molar-refractivity contribution is -0.140. The number of aliphatic hydroxyl groups excluding tert-OH is 1. The molecule has 0 saturated carbocycles. The fourth-order valence-corrected chi connectivity index (χ4v) is 1.41. The van der Waals surface area contributed by atoms with Crippen LogP contribution in [-0.4, -0.2) is 28.2 Å². The van der Waals surface area contributed by atoms with Crippen LogP contribution in [0.3, 0.4) is 0 Å². The molecule has 1 aromatic carbocycles. The maximum atomic E-state index is 11.3. The SMILES string of the molecule is CCOC(=O)C(C/C=C(\O)c1ccc(C)cc1)=[N+]=[N-]. The van der Waals surface area contributed by atoms with Crippen molar-refractivity contribution in [2.45, 2.75) is 20.3 Å². The molecule has 1 aromatic rings. The van der Waals surface area contributed by atoms with Gasteiger partial charge in [0.1, 0.15) is 5.76 Å². The minimum Gasteiger partial charge on any atom is -0.508 e. The summed E-state index contributed by atoms with van der Waals surface area (Å²) in [6, 6.07) is 7.26. The smallest absolute Gasteiger partial charge is 0.417 e. The van der Waals surface area contributed by atoms with Crippen LogP contribution in [0.25, 0.3) is 11.3 Å². The summed E-state index contributed by atoms with van der Waals surface area (Å²) in [5.41, 5.74) is 10.3. The Morgan fingerprint density at radius 2 is 2.05 bits per heavy atom. The van der Waals surface area contributed by atoms with Gasteiger partial charge in [0, 0.05) is 5.56 Å². The number of carbonyl (C=O) groups excluding carboxylic acids is 1. The minimum atomic E-state index is -0.696. The summed E-state index contributed by atoms with van der Waals surface area (Å²) >= 11 is 0. The molecule has 0 atom stereocenters. The van der Waals surface area contributed by atoms with Crippen molar-refractivity contribution >= 4 is 17.4 Å². The summed E-state index contributed by atoms with van der Waals surface area (Å²) in [6.45, 7) is 3.81. The number of rotatable bonds is 5. The normalized spacial score (nSPS) is 10.7. The third-order valence-corrected chi connectivity index (χ3v) is 2.47. The fourth-order valence-electron chi connectivity index (χ4n) is 1.41. The second-order valence-electron chi connectivity index (χ2n) is 3.93. The van der Waals surface area contributed by atoms with E-state index in [1.165, 1.54) is 6.08 Å². The van der Waals surface area contributed by atoms with E-state index in [0.717, 1.165) is 5.56 Å². The molecule has 1 N–H and O–H groups in total. The molecule has 0 spiro atoms. The van der Waals surface area contributed by atoms with Gasteiger partial charge in [-0.15, -0.1) is 0 Å². The number of aryl methyl sites for hydroxylation is 1. The number of benzene rings is 1. The van der Waals surface area contributed by atoms with E-state index in [-0.39, 0.29) is 24.5 Å². The number of nitrogens with zero attached hydrogens (tertiary/aromatic N) is 2. The molecule has 0 saturated heterocycles. The maximum absolute atomic E-state index is 11.3. The van der Waals surface area contributed by atoms with Gasteiger partial charge in [-0.1, -0.05) is 29.8 Å². The van der Waals surface area contributed by atoms with Gasteiger partial charge in [0.2, 0.25) is 0 Å². The van der Waals surface area contributed by atoms with Crippen LogP contribution in [0.1, 0.15) is 24.5 Å². The number of aliphatic hydroxyl groups is 1. The Hall–Kier alpha value is -2.39. The predicted octanol–water partition coefficient (Wildman–Crippen LogP) is 2.52. The van der Waals surface area contributed by atoms with Crippen molar-refractivity contribution in [3.8, 4) is 0 Å². The van der Waals surface area contributed by atoms with Crippen LogP contribution in [0.4, 0.5) is 0 Å². The van der Waals surface area contributed by atoms with Gasteiger partial charge in [-0.05, 0) is 19.9 Å². The number of ether oxygens (including phenoxy) is 1. The van der Waals surface area contributed by atoms with Crippen molar-refractivity contribution in [3.63, 3.8) is 0 Å². The molecule has 0 aliphatic heterocycles. The summed E-state index contributed by atoms with van der Waals surface area (Å²) < 4.78 is 4.71. The molecule has 0 aliphatic rings. The van der Waals surface area contributed by atoms with Crippen molar-refractivity contribution < 1.29 is 19.4 Å². The van der Waals surface area contributed by atoms with Gasteiger partial charge in [0.15, 0.2) is 0 Å². The molecule has 1 rings (SSSR count). The molecule has 5 nitrogen and oxygen atoms in total. The quantitative estimate of drug-likeness (QED) is 0.290. The molecule has 0 heterocycles. The molecular weight excluding hydrogens is 244 g/mol. The molecule has 19 heavy (non-hydrogen) atoms. The highest BCUT2D eigenvalue weighted by molar-refractivity contribution is 6.34. The third-order valence-electron chi connectivity index (χ3n) is 2.47. The molecule has 0 unspecified atom stereocenters. The van der Waals surface area contributed by atoms with Crippen molar-refractivity contribution in [3.05, 3.63) is 47.0 Å². The molecule has 0 aromatic heterocycles. The maximum Gasteiger partial charge on any atom is 0.417 e. The van der Waals surface area contributed by atoms with Crippen LogP contribution in [0.15, 0.2) is 30.3 Å². The Balaban J connectivity index is 2.77. The molecule has 0 amide bonds. The standard InChI is InChI=1S/C14H16N2O3/c1-3-19-14(18)12(16-15)8-9-13(17)11-6-4-10(2)5-7-11/h4-7,9,17H,3,8H2,1-2H3/b13-9-. The second-order valence-corrected chi connectivity index (χ2v) is 3.93. The lowest BCUT2D eigenvalue weighted by Crippen LogP contribution is -2.17. The van der Waals surface area contributed by atoms with Gasteiger partial charge in [0.25, 0.3) is 0 Å². The number of carbonyl (C=O) groups is 1. The van der Waals surface area contributed by atoms with E-state index >= 15 is 0 Å². The number of esters is 1. The first-order chi connectivity index (χ1) is 9.08. The highest BCUT2D eigenvalue weighted by Gasteiger charge is 2.20. The number of allylic oxidation sites excluding steroid dienone is 1. The van der Waals surface area contributed by atoms with Crippen LogP contribution in [0.2, 0.25) is 0 Å². The second kappa shape index (κ2) is 7.13.